The van der Waals surface area contributed by atoms with Crippen LogP contribution < -0.4 is 4.74 Å². The highest BCUT2D eigenvalue weighted by atomic mass is 16.5. The van der Waals surface area contributed by atoms with Crippen molar-refractivity contribution in [2.24, 2.45) is 0 Å². The number of rotatable bonds is 4. The van der Waals surface area contributed by atoms with Crippen LogP contribution in [0.2, 0.25) is 0 Å². The highest BCUT2D eigenvalue weighted by Gasteiger charge is 2.16. The van der Waals surface area contributed by atoms with E-state index in [2.05, 4.69) is 10.8 Å². The molecule has 4 nitrogen and oxygen atoms in total. The fraction of sp³-hybridized carbons (Fsp3) is 0.385. The number of methoxy groups -OCH3 is 2. The van der Waals surface area contributed by atoms with Crippen LogP contribution in [0.5, 0.6) is 5.75 Å². The number of carbonyl (C=O) groups is 1. The molecule has 0 aliphatic carbocycles. The van der Waals surface area contributed by atoms with Gasteiger partial charge in [-0.25, -0.2) is 0 Å². The second-order valence-electron chi connectivity index (χ2n) is 3.50. The van der Waals surface area contributed by atoms with E-state index in [-0.39, 0.29) is 12.4 Å². The molecule has 4 heteroatoms. The Balaban J connectivity index is 3.31. The molecule has 0 heterocycles. The standard InChI is InChI=1S/C13H15NO3/c1-4-9-5-6-12(16-2)10(11(9)8-14)7-13(15)17-3/h5-6H,4,7H2,1-3H3. The molecule has 0 N–H and O–H groups in total. The van der Waals surface area contributed by atoms with Gasteiger partial charge in [-0.1, -0.05) is 13.0 Å². The van der Waals surface area contributed by atoms with Gasteiger partial charge in [-0.3, -0.25) is 4.79 Å². The van der Waals surface area contributed by atoms with E-state index in [0.717, 1.165) is 12.0 Å². The van der Waals surface area contributed by atoms with Crippen LogP contribution in [0.3, 0.4) is 0 Å². The van der Waals surface area contributed by atoms with Crippen molar-refractivity contribution >= 4 is 5.97 Å². The van der Waals surface area contributed by atoms with Crippen molar-refractivity contribution in [1.29, 1.82) is 5.26 Å². The number of nitriles is 1. The van der Waals surface area contributed by atoms with E-state index in [1.807, 2.05) is 13.0 Å². The summed E-state index contributed by atoms with van der Waals surface area (Å²) in [6.45, 7) is 1.96. The van der Waals surface area contributed by atoms with E-state index in [4.69, 9.17) is 4.74 Å². The topological polar surface area (TPSA) is 59.3 Å². The van der Waals surface area contributed by atoms with Gasteiger partial charge >= 0.3 is 5.97 Å². The second kappa shape index (κ2) is 5.90. The van der Waals surface area contributed by atoms with Crippen molar-refractivity contribution < 1.29 is 14.3 Å². The molecule has 0 bridgehead atoms. The summed E-state index contributed by atoms with van der Waals surface area (Å²) in [5.41, 5.74) is 2.02. The maximum Gasteiger partial charge on any atom is 0.310 e. The van der Waals surface area contributed by atoms with Gasteiger partial charge < -0.3 is 9.47 Å². The van der Waals surface area contributed by atoms with Crippen molar-refractivity contribution in [3.63, 3.8) is 0 Å². The first-order valence-corrected chi connectivity index (χ1v) is 5.33. The molecule has 0 saturated carbocycles. The molecule has 0 unspecified atom stereocenters. The van der Waals surface area contributed by atoms with E-state index in [9.17, 15) is 10.1 Å². The Hall–Kier alpha value is -2.02. The number of carbonyl (C=O) groups excluding carboxylic acids is 1. The van der Waals surface area contributed by atoms with Crippen molar-refractivity contribution in [1.82, 2.24) is 0 Å². The number of hydrogen-bond donors (Lipinski definition) is 0. The third-order valence-corrected chi connectivity index (χ3v) is 2.62. The Kier molecular flexibility index (Phi) is 4.53. The lowest BCUT2D eigenvalue weighted by molar-refractivity contribution is -0.139. The molecule has 1 rings (SSSR count). The van der Waals surface area contributed by atoms with E-state index in [1.165, 1.54) is 14.2 Å². The first kappa shape index (κ1) is 13.0. The number of hydrogen-bond acceptors (Lipinski definition) is 4. The van der Waals surface area contributed by atoms with E-state index in [1.54, 1.807) is 6.07 Å². The Labute approximate surface area is 101 Å². The summed E-state index contributed by atoms with van der Waals surface area (Å²) >= 11 is 0. The highest BCUT2D eigenvalue weighted by molar-refractivity contribution is 5.75. The molecular weight excluding hydrogens is 218 g/mol. The summed E-state index contributed by atoms with van der Waals surface area (Å²) in [6.07, 6.45) is 0.789. The summed E-state index contributed by atoms with van der Waals surface area (Å²) < 4.78 is 9.80. The Morgan fingerprint density at radius 3 is 2.59 bits per heavy atom. The van der Waals surface area contributed by atoms with Gasteiger partial charge in [0.2, 0.25) is 0 Å². The SMILES string of the molecule is CCc1ccc(OC)c(CC(=O)OC)c1C#N. The largest absolute Gasteiger partial charge is 0.496 e. The normalized spacial score (nSPS) is 9.53. The molecular formula is C13H15NO3. The third kappa shape index (κ3) is 2.76. The lowest BCUT2D eigenvalue weighted by Gasteiger charge is -2.12. The molecule has 90 valence electrons. The summed E-state index contributed by atoms with van der Waals surface area (Å²) in [7, 11) is 2.84. The van der Waals surface area contributed by atoms with E-state index in [0.29, 0.717) is 16.9 Å². The number of benzene rings is 1. The molecule has 0 saturated heterocycles. The zero-order valence-corrected chi connectivity index (χ0v) is 10.2. The first-order valence-electron chi connectivity index (χ1n) is 5.33. The molecule has 0 fully saturated rings. The van der Waals surface area contributed by atoms with Gasteiger partial charge in [-0.05, 0) is 18.1 Å². The van der Waals surface area contributed by atoms with Gasteiger partial charge in [0.05, 0.1) is 32.3 Å². The number of esters is 1. The van der Waals surface area contributed by atoms with Crippen LogP contribution in [0.4, 0.5) is 0 Å². The zero-order chi connectivity index (χ0) is 12.8. The average Bonchev–Trinajstić information content (AvgIpc) is 2.37. The van der Waals surface area contributed by atoms with Crippen LogP contribution in [-0.4, -0.2) is 20.2 Å². The predicted molar refractivity (Wildman–Crippen MR) is 62.8 cm³/mol. The Morgan fingerprint density at radius 1 is 1.41 bits per heavy atom. The fourth-order valence-electron chi connectivity index (χ4n) is 1.69. The monoisotopic (exact) mass is 233 g/mol. The summed E-state index contributed by atoms with van der Waals surface area (Å²) in [4.78, 5) is 11.3. The highest BCUT2D eigenvalue weighted by Crippen LogP contribution is 2.26. The van der Waals surface area contributed by atoms with Gasteiger partial charge in [0, 0.05) is 5.56 Å². The van der Waals surface area contributed by atoms with Crippen LogP contribution in [0.15, 0.2) is 12.1 Å². The molecule has 0 aliphatic heterocycles. The van der Waals surface area contributed by atoms with Crippen LogP contribution in [0.25, 0.3) is 0 Å². The van der Waals surface area contributed by atoms with Crippen molar-refractivity contribution in [3.8, 4) is 11.8 Å². The average molecular weight is 233 g/mol. The lowest BCUT2D eigenvalue weighted by atomic mass is 9.97. The molecule has 1 aromatic carbocycles. The van der Waals surface area contributed by atoms with Gasteiger partial charge in [0.1, 0.15) is 5.75 Å². The minimum absolute atomic E-state index is 0.0520. The van der Waals surface area contributed by atoms with Gasteiger partial charge in [-0.2, -0.15) is 5.26 Å². The summed E-state index contributed by atoms with van der Waals surface area (Å²) in [6, 6.07) is 5.75. The van der Waals surface area contributed by atoms with Gasteiger partial charge in [0.25, 0.3) is 0 Å². The van der Waals surface area contributed by atoms with E-state index >= 15 is 0 Å². The second-order valence-corrected chi connectivity index (χ2v) is 3.50. The van der Waals surface area contributed by atoms with Crippen LogP contribution in [0, 0.1) is 11.3 Å². The van der Waals surface area contributed by atoms with E-state index < -0.39 is 0 Å². The van der Waals surface area contributed by atoms with Crippen LogP contribution in [0.1, 0.15) is 23.6 Å². The first-order chi connectivity index (χ1) is 8.17. The molecule has 17 heavy (non-hydrogen) atoms. The maximum absolute atomic E-state index is 11.3. The summed E-state index contributed by atoms with van der Waals surface area (Å²) in [5, 5.41) is 9.18. The molecule has 0 aromatic heterocycles. The third-order valence-electron chi connectivity index (χ3n) is 2.62. The minimum Gasteiger partial charge on any atom is -0.496 e. The molecule has 0 amide bonds. The smallest absolute Gasteiger partial charge is 0.310 e. The molecule has 0 atom stereocenters. The van der Waals surface area contributed by atoms with Crippen molar-refractivity contribution in [2.45, 2.75) is 19.8 Å². The van der Waals surface area contributed by atoms with Gasteiger partial charge in [-0.15, -0.1) is 0 Å². The molecule has 0 radical (unpaired) electrons. The quantitative estimate of drug-likeness (QED) is 0.744. The van der Waals surface area contributed by atoms with Crippen LogP contribution in [-0.2, 0) is 22.4 Å². The number of aryl methyl sites for hydroxylation is 1. The Morgan fingerprint density at radius 2 is 2.12 bits per heavy atom. The number of nitrogens with zero attached hydrogens (tertiary/aromatic N) is 1. The zero-order valence-electron chi connectivity index (χ0n) is 10.2. The number of ether oxygens (including phenoxy) is 2. The Bertz CT molecular complexity index is 460. The van der Waals surface area contributed by atoms with Crippen LogP contribution >= 0.6 is 0 Å². The molecule has 1 aromatic rings. The lowest BCUT2D eigenvalue weighted by Crippen LogP contribution is -2.09. The summed E-state index contributed by atoms with van der Waals surface area (Å²) in [5.74, 6) is 0.164. The van der Waals surface area contributed by atoms with Gasteiger partial charge in [0.15, 0.2) is 0 Å². The minimum atomic E-state index is -0.381. The van der Waals surface area contributed by atoms with Crippen molar-refractivity contribution in [2.75, 3.05) is 14.2 Å². The predicted octanol–water partition coefficient (Wildman–Crippen LogP) is 1.84. The maximum atomic E-state index is 11.3. The molecule has 0 aliphatic rings. The van der Waals surface area contributed by atoms with Crippen molar-refractivity contribution in [3.05, 3.63) is 28.8 Å². The fourth-order valence-corrected chi connectivity index (χ4v) is 1.69. The molecule has 0 spiro atoms.